The number of carbonyl (C=O) groups excluding carboxylic acids is 2. The maximum Gasteiger partial charge on any atom is 0.410 e. The molecule has 0 aliphatic carbocycles. The highest BCUT2D eigenvalue weighted by Gasteiger charge is 2.44. The molecule has 1 spiro atoms. The van der Waals surface area contributed by atoms with Gasteiger partial charge in [-0.1, -0.05) is 5.16 Å². The van der Waals surface area contributed by atoms with Crippen molar-refractivity contribution in [3.63, 3.8) is 0 Å². The minimum atomic E-state index is -0.545. The van der Waals surface area contributed by atoms with Crippen LogP contribution >= 0.6 is 0 Å². The number of carbonyl (C=O) groups is 2. The first-order chi connectivity index (χ1) is 9.21. The molecule has 2 amide bonds. The van der Waals surface area contributed by atoms with E-state index in [2.05, 4.69) is 5.16 Å². The second-order valence-corrected chi connectivity index (χ2v) is 6.32. The first kappa shape index (κ1) is 14.6. The zero-order chi connectivity index (χ0) is 15.0. The maximum atomic E-state index is 11.9. The summed E-state index contributed by atoms with van der Waals surface area (Å²) in [7, 11) is 0. The van der Waals surface area contributed by atoms with Crippen LogP contribution in [0.25, 0.3) is 0 Å². The predicted molar refractivity (Wildman–Crippen MR) is 72.1 cm³/mol. The number of amides is 2. The number of ether oxygens (including phenoxy) is 1. The maximum absolute atomic E-state index is 11.9. The van der Waals surface area contributed by atoms with E-state index in [1.165, 1.54) is 0 Å². The molecule has 0 bridgehead atoms. The lowest BCUT2D eigenvalue weighted by atomic mass is 9.87. The lowest BCUT2D eigenvalue weighted by Gasteiger charge is -2.37. The van der Waals surface area contributed by atoms with Gasteiger partial charge in [-0.15, -0.1) is 0 Å². The molecule has 0 atom stereocenters. The zero-order valence-corrected chi connectivity index (χ0v) is 12.1. The number of primary amides is 1. The number of nitrogens with zero attached hydrogens (tertiary/aromatic N) is 2. The van der Waals surface area contributed by atoms with Crippen LogP contribution in [0.2, 0.25) is 0 Å². The fraction of sp³-hybridized carbons (Fsp3) is 0.769. The van der Waals surface area contributed by atoms with Gasteiger partial charge in [-0.3, -0.25) is 4.79 Å². The quantitative estimate of drug-likeness (QED) is 0.777. The molecular formula is C13H21N3O4. The molecule has 1 saturated heterocycles. The van der Waals surface area contributed by atoms with Crippen LogP contribution in [0.15, 0.2) is 5.16 Å². The number of hydrogen-bond donors (Lipinski definition) is 1. The highest BCUT2D eigenvalue weighted by Crippen LogP contribution is 2.34. The molecule has 7 heteroatoms. The lowest BCUT2D eigenvalue weighted by Crippen LogP contribution is -2.48. The third-order valence-electron chi connectivity index (χ3n) is 3.45. The van der Waals surface area contributed by atoms with E-state index in [4.69, 9.17) is 15.3 Å². The largest absolute Gasteiger partial charge is 0.444 e. The molecule has 7 nitrogen and oxygen atoms in total. The van der Waals surface area contributed by atoms with Crippen LogP contribution in [-0.2, 0) is 14.4 Å². The number of piperidine rings is 1. The third kappa shape index (κ3) is 3.20. The monoisotopic (exact) mass is 283 g/mol. The molecule has 0 aromatic heterocycles. The molecule has 2 heterocycles. The van der Waals surface area contributed by atoms with Crippen LogP contribution in [-0.4, -0.2) is 46.9 Å². The summed E-state index contributed by atoms with van der Waals surface area (Å²) in [5.41, 5.74) is 4.49. The van der Waals surface area contributed by atoms with E-state index in [1.807, 2.05) is 20.8 Å². The molecule has 0 aromatic carbocycles. The molecule has 20 heavy (non-hydrogen) atoms. The molecule has 0 unspecified atom stereocenters. The van der Waals surface area contributed by atoms with Crippen molar-refractivity contribution in [3.8, 4) is 0 Å². The molecule has 2 aliphatic heterocycles. The smallest absolute Gasteiger partial charge is 0.410 e. The Hall–Kier alpha value is -1.79. The first-order valence-electron chi connectivity index (χ1n) is 6.74. The second-order valence-electron chi connectivity index (χ2n) is 6.32. The second kappa shape index (κ2) is 4.96. The summed E-state index contributed by atoms with van der Waals surface area (Å²) in [4.78, 5) is 30.1. The predicted octanol–water partition coefficient (Wildman–Crippen LogP) is 1.02. The lowest BCUT2D eigenvalue weighted by molar-refractivity contribution is -0.112. The first-order valence-corrected chi connectivity index (χ1v) is 6.74. The summed E-state index contributed by atoms with van der Waals surface area (Å²) in [6, 6.07) is 0. The van der Waals surface area contributed by atoms with E-state index in [-0.39, 0.29) is 11.8 Å². The third-order valence-corrected chi connectivity index (χ3v) is 3.45. The van der Waals surface area contributed by atoms with Gasteiger partial charge in [0.05, 0.1) is 0 Å². The Kier molecular flexibility index (Phi) is 3.62. The van der Waals surface area contributed by atoms with Gasteiger partial charge in [-0.2, -0.15) is 0 Å². The van der Waals surface area contributed by atoms with Crippen LogP contribution in [0.1, 0.15) is 40.0 Å². The SMILES string of the molecule is CC(C)(C)OC(=O)N1CCC2(CC1)CC(C(N)=O)=NO2. The fourth-order valence-corrected chi connectivity index (χ4v) is 2.35. The van der Waals surface area contributed by atoms with E-state index >= 15 is 0 Å². The highest BCUT2D eigenvalue weighted by molar-refractivity contribution is 6.38. The van der Waals surface area contributed by atoms with Crippen molar-refractivity contribution in [2.24, 2.45) is 10.9 Å². The van der Waals surface area contributed by atoms with Crippen molar-refractivity contribution in [1.29, 1.82) is 0 Å². The average molecular weight is 283 g/mol. The zero-order valence-electron chi connectivity index (χ0n) is 12.1. The van der Waals surface area contributed by atoms with Gasteiger partial charge >= 0.3 is 6.09 Å². The number of nitrogens with two attached hydrogens (primary N) is 1. The molecule has 0 radical (unpaired) electrons. The normalized spacial score (nSPS) is 21.4. The number of rotatable bonds is 1. The van der Waals surface area contributed by atoms with E-state index in [9.17, 15) is 9.59 Å². The van der Waals surface area contributed by atoms with E-state index in [0.717, 1.165) is 0 Å². The fourth-order valence-electron chi connectivity index (χ4n) is 2.35. The van der Waals surface area contributed by atoms with Crippen LogP contribution in [0.5, 0.6) is 0 Å². The summed E-state index contributed by atoms with van der Waals surface area (Å²) in [6.07, 6.45) is 1.34. The van der Waals surface area contributed by atoms with Crippen molar-refractivity contribution in [3.05, 3.63) is 0 Å². The Balaban J connectivity index is 1.88. The molecule has 112 valence electrons. The summed E-state index contributed by atoms with van der Waals surface area (Å²) in [5.74, 6) is -0.545. The van der Waals surface area contributed by atoms with Gasteiger partial charge in [0.1, 0.15) is 16.9 Å². The molecule has 1 fully saturated rings. The molecular weight excluding hydrogens is 262 g/mol. The topological polar surface area (TPSA) is 94.2 Å². The summed E-state index contributed by atoms with van der Waals surface area (Å²) < 4.78 is 5.33. The van der Waals surface area contributed by atoms with Gasteiger partial charge in [0.25, 0.3) is 5.91 Å². The molecule has 0 aromatic rings. The Morgan fingerprint density at radius 2 is 1.95 bits per heavy atom. The van der Waals surface area contributed by atoms with Crippen molar-refractivity contribution in [1.82, 2.24) is 4.90 Å². The minimum absolute atomic E-state index is 0.274. The van der Waals surface area contributed by atoms with E-state index < -0.39 is 17.1 Å². The van der Waals surface area contributed by atoms with Crippen molar-refractivity contribution in [2.75, 3.05) is 13.1 Å². The van der Waals surface area contributed by atoms with Gasteiger partial charge in [0, 0.05) is 32.4 Å². The molecule has 2 aliphatic rings. The molecule has 0 saturated carbocycles. The Bertz CT molecular complexity index is 445. The van der Waals surface area contributed by atoms with Crippen LogP contribution in [0, 0.1) is 0 Å². The summed E-state index contributed by atoms with van der Waals surface area (Å²) in [6.45, 7) is 6.56. The Labute approximate surface area is 118 Å². The van der Waals surface area contributed by atoms with Crippen molar-refractivity contribution < 1.29 is 19.2 Å². The van der Waals surface area contributed by atoms with Gasteiger partial charge in [-0.05, 0) is 20.8 Å². The number of likely N-dealkylation sites (tertiary alicyclic amines) is 1. The van der Waals surface area contributed by atoms with Gasteiger partial charge in [0.2, 0.25) is 0 Å². The van der Waals surface area contributed by atoms with Crippen LogP contribution < -0.4 is 5.73 Å². The Morgan fingerprint density at radius 1 is 1.35 bits per heavy atom. The van der Waals surface area contributed by atoms with Crippen molar-refractivity contribution in [2.45, 2.75) is 51.2 Å². The van der Waals surface area contributed by atoms with Gasteiger partial charge < -0.3 is 20.2 Å². The van der Waals surface area contributed by atoms with E-state index in [1.54, 1.807) is 4.90 Å². The molecule has 2 N–H and O–H groups in total. The number of oxime groups is 1. The highest BCUT2D eigenvalue weighted by atomic mass is 16.7. The molecule has 2 rings (SSSR count). The summed E-state index contributed by atoms with van der Waals surface area (Å²) >= 11 is 0. The van der Waals surface area contributed by atoms with Crippen LogP contribution in [0.3, 0.4) is 0 Å². The van der Waals surface area contributed by atoms with E-state index in [0.29, 0.717) is 32.4 Å². The average Bonchev–Trinajstić information content (AvgIpc) is 2.72. The Morgan fingerprint density at radius 3 is 2.40 bits per heavy atom. The van der Waals surface area contributed by atoms with Crippen LogP contribution in [0.4, 0.5) is 4.79 Å². The number of hydrogen-bond acceptors (Lipinski definition) is 5. The van der Waals surface area contributed by atoms with Gasteiger partial charge in [0.15, 0.2) is 0 Å². The standard InChI is InChI=1S/C13H21N3O4/c1-12(2,3)19-11(18)16-6-4-13(5-7-16)8-9(10(14)17)15-20-13/h4-8H2,1-3H3,(H2,14,17). The van der Waals surface area contributed by atoms with Crippen molar-refractivity contribution >= 4 is 17.7 Å². The summed E-state index contributed by atoms with van der Waals surface area (Å²) in [5, 5.41) is 3.75. The van der Waals surface area contributed by atoms with Gasteiger partial charge in [-0.25, -0.2) is 4.79 Å². The minimum Gasteiger partial charge on any atom is -0.444 e.